The zero-order valence-corrected chi connectivity index (χ0v) is 12.2. The number of nitrogens with zero attached hydrogens (tertiary/aromatic N) is 1. The first-order valence-electron chi connectivity index (χ1n) is 4.95. The van der Waals surface area contributed by atoms with E-state index in [0.717, 1.165) is 8.95 Å². The zero-order valence-electron chi connectivity index (χ0n) is 9.04. The van der Waals surface area contributed by atoms with E-state index in [0.29, 0.717) is 18.7 Å². The molecule has 0 saturated heterocycles. The third kappa shape index (κ3) is 3.19. The third-order valence-corrected chi connectivity index (χ3v) is 3.33. The first-order chi connectivity index (χ1) is 7.60. The molecule has 0 spiro atoms. The SMILES string of the molecule is C=CCN(CC)C(=O)c1ccc(Br)cc1Br. The van der Waals surface area contributed by atoms with Crippen molar-refractivity contribution < 1.29 is 4.79 Å². The lowest BCUT2D eigenvalue weighted by Crippen LogP contribution is -2.31. The van der Waals surface area contributed by atoms with Crippen molar-refractivity contribution in [3.8, 4) is 0 Å². The molecular weight excluding hydrogens is 334 g/mol. The number of carbonyl (C=O) groups is 1. The molecule has 0 atom stereocenters. The average Bonchev–Trinajstić information content (AvgIpc) is 2.25. The van der Waals surface area contributed by atoms with Crippen LogP contribution in [0.15, 0.2) is 39.8 Å². The van der Waals surface area contributed by atoms with Crippen molar-refractivity contribution in [2.24, 2.45) is 0 Å². The molecule has 0 unspecified atom stereocenters. The second-order valence-electron chi connectivity index (χ2n) is 3.26. The Morgan fingerprint density at radius 2 is 2.19 bits per heavy atom. The predicted octanol–water partition coefficient (Wildman–Crippen LogP) is 3.86. The fourth-order valence-electron chi connectivity index (χ4n) is 1.34. The number of hydrogen-bond donors (Lipinski definition) is 0. The van der Waals surface area contributed by atoms with Gasteiger partial charge in [-0.25, -0.2) is 0 Å². The van der Waals surface area contributed by atoms with Crippen LogP contribution in [0.1, 0.15) is 17.3 Å². The van der Waals surface area contributed by atoms with Gasteiger partial charge in [0.05, 0.1) is 5.56 Å². The van der Waals surface area contributed by atoms with E-state index in [9.17, 15) is 4.79 Å². The Labute approximate surface area is 113 Å². The van der Waals surface area contributed by atoms with Crippen LogP contribution in [0.25, 0.3) is 0 Å². The molecule has 1 rings (SSSR count). The van der Waals surface area contributed by atoms with Gasteiger partial charge >= 0.3 is 0 Å². The van der Waals surface area contributed by atoms with E-state index in [4.69, 9.17) is 0 Å². The molecule has 16 heavy (non-hydrogen) atoms. The van der Waals surface area contributed by atoms with E-state index in [1.165, 1.54) is 0 Å². The summed E-state index contributed by atoms with van der Waals surface area (Å²) in [5, 5.41) is 0. The topological polar surface area (TPSA) is 20.3 Å². The summed E-state index contributed by atoms with van der Waals surface area (Å²) in [5.41, 5.74) is 0.673. The second-order valence-corrected chi connectivity index (χ2v) is 5.03. The molecule has 0 radical (unpaired) electrons. The monoisotopic (exact) mass is 345 g/mol. The Kier molecular flexibility index (Phi) is 5.22. The summed E-state index contributed by atoms with van der Waals surface area (Å²) in [7, 11) is 0. The van der Waals surface area contributed by atoms with E-state index in [1.54, 1.807) is 11.0 Å². The number of hydrogen-bond acceptors (Lipinski definition) is 1. The zero-order chi connectivity index (χ0) is 12.1. The van der Waals surface area contributed by atoms with Gasteiger partial charge in [-0.2, -0.15) is 0 Å². The molecule has 0 N–H and O–H groups in total. The summed E-state index contributed by atoms with van der Waals surface area (Å²) < 4.78 is 1.75. The number of benzene rings is 1. The molecule has 2 nitrogen and oxygen atoms in total. The largest absolute Gasteiger partial charge is 0.335 e. The Bertz CT molecular complexity index is 404. The maximum absolute atomic E-state index is 12.1. The van der Waals surface area contributed by atoms with Gasteiger partial charge in [0.2, 0.25) is 0 Å². The molecule has 0 fully saturated rings. The quantitative estimate of drug-likeness (QED) is 0.758. The van der Waals surface area contributed by atoms with Crippen LogP contribution in [0.5, 0.6) is 0 Å². The molecule has 0 aliphatic heterocycles. The highest BCUT2D eigenvalue weighted by molar-refractivity contribution is 9.11. The Morgan fingerprint density at radius 1 is 1.50 bits per heavy atom. The first-order valence-corrected chi connectivity index (χ1v) is 6.54. The maximum Gasteiger partial charge on any atom is 0.255 e. The smallest absolute Gasteiger partial charge is 0.255 e. The minimum atomic E-state index is 0.0155. The number of rotatable bonds is 4. The summed E-state index contributed by atoms with van der Waals surface area (Å²) in [6.07, 6.45) is 1.73. The highest BCUT2D eigenvalue weighted by atomic mass is 79.9. The lowest BCUT2D eigenvalue weighted by Gasteiger charge is -2.19. The summed E-state index contributed by atoms with van der Waals surface area (Å²) in [4.78, 5) is 13.9. The van der Waals surface area contributed by atoms with Crippen LogP contribution in [0.2, 0.25) is 0 Å². The molecule has 0 bridgehead atoms. The highest BCUT2D eigenvalue weighted by Crippen LogP contribution is 2.23. The van der Waals surface area contributed by atoms with E-state index in [2.05, 4.69) is 38.4 Å². The number of amides is 1. The lowest BCUT2D eigenvalue weighted by atomic mass is 10.2. The van der Waals surface area contributed by atoms with Gasteiger partial charge in [0.1, 0.15) is 0 Å². The molecule has 0 saturated carbocycles. The fraction of sp³-hybridized carbons (Fsp3) is 0.250. The normalized spacial score (nSPS) is 9.94. The molecular formula is C12H13Br2NO. The predicted molar refractivity (Wildman–Crippen MR) is 73.6 cm³/mol. The van der Waals surface area contributed by atoms with Crippen LogP contribution in [0, 0.1) is 0 Å². The maximum atomic E-state index is 12.1. The van der Waals surface area contributed by atoms with Gasteiger partial charge in [-0.05, 0) is 41.1 Å². The van der Waals surface area contributed by atoms with Gasteiger partial charge < -0.3 is 4.90 Å². The Balaban J connectivity index is 2.98. The molecule has 0 aromatic heterocycles. The second kappa shape index (κ2) is 6.21. The van der Waals surface area contributed by atoms with Crippen molar-refractivity contribution in [3.05, 3.63) is 45.4 Å². The standard InChI is InChI=1S/C12H13Br2NO/c1-3-7-15(4-2)12(16)10-6-5-9(13)8-11(10)14/h3,5-6,8H,1,4,7H2,2H3. The Hall–Kier alpha value is -0.610. The number of carbonyl (C=O) groups excluding carboxylic acids is 1. The van der Waals surface area contributed by atoms with Crippen molar-refractivity contribution in [2.75, 3.05) is 13.1 Å². The van der Waals surface area contributed by atoms with Crippen molar-refractivity contribution >= 4 is 37.8 Å². The van der Waals surface area contributed by atoms with Crippen molar-refractivity contribution in [1.82, 2.24) is 4.90 Å². The summed E-state index contributed by atoms with van der Waals surface area (Å²) in [6, 6.07) is 5.54. The molecule has 1 aromatic rings. The molecule has 4 heteroatoms. The highest BCUT2D eigenvalue weighted by Gasteiger charge is 2.15. The van der Waals surface area contributed by atoms with Crippen LogP contribution < -0.4 is 0 Å². The average molecular weight is 347 g/mol. The van der Waals surface area contributed by atoms with E-state index in [-0.39, 0.29) is 5.91 Å². The summed E-state index contributed by atoms with van der Waals surface area (Å²) >= 11 is 6.75. The molecule has 1 aromatic carbocycles. The van der Waals surface area contributed by atoms with E-state index >= 15 is 0 Å². The minimum Gasteiger partial charge on any atom is -0.335 e. The van der Waals surface area contributed by atoms with Crippen LogP contribution in [-0.2, 0) is 0 Å². The fourth-order valence-corrected chi connectivity index (χ4v) is 2.56. The van der Waals surface area contributed by atoms with E-state index in [1.807, 2.05) is 25.1 Å². The van der Waals surface area contributed by atoms with Gasteiger partial charge in [-0.1, -0.05) is 22.0 Å². The molecule has 0 heterocycles. The lowest BCUT2D eigenvalue weighted by molar-refractivity contribution is 0.0781. The molecule has 86 valence electrons. The molecule has 1 amide bonds. The number of halogens is 2. The van der Waals surface area contributed by atoms with Gasteiger partial charge in [0, 0.05) is 22.0 Å². The molecule has 0 aliphatic rings. The van der Waals surface area contributed by atoms with Crippen LogP contribution in [0.4, 0.5) is 0 Å². The van der Waals surface area contributed by atoms with Crippen LogP contribution >= 0.6 is 31.9 Å². The van der Waals surface area contributed by atoms with Gasteiger partial charge in [-0.15, -0.1) is 6.58 Å². The van der Waals surface area contributed by atoms with Crippen LogP contribution in [-0.4, -0.2) is 23.9 Å². The summed E-state index contributed by atoms with van der Waals surface area (Å²) in [5.74, 6) is 0.0155. The number of likely N-dealkylation sites (N-methyl/N-ethyl adjacent to an activating group) is 1. The van der Waals surface area contributed by atoms with E-state index < -0.39 is 0 Å². The molecule has 0 aliphatic carbocycles. The minimum absolute atomic E-state index is 0.0155. The van der Waals surface area contributed by atoms with Crippen molar-refractivity contribution in [2.45, 2.75) is 6.92 Å². The van der Waals surface area contributed by atoms with Gasteiger partial charge in [0.25, 0.3) is 5.91 Å². The summed E-state index contributed by atoms with van der Waals surface area (Å²) in [6.45, 7) is 6.84. The van der Waals surface area contributed by atoms with Gasteiger partial charge in [0.15, 0.2) is 0 Å². The first kappa shape index (κ1) is 13.5. The Morgan fingerprint density at radius 3 is 2.69 bits per heavy atom. The third-order valence-electron chi connectivity index (χ3n) is 2.18. The van der Waals surface area contributed by atoms with Crippen molar-refractivity contribution in [1.29, 1.82) is 0 Å². The van der Waals surface area contributed by atoms with Crippen LogP contribution in [0.3, 0.4) is 0 Å². The van der Waals surface area contributed by atoms with Crippen molar-refractivity contribution in [3.63, 3.8) is 0 Å². The van der Waals surface area contributed by atoms with Gasteiger partial charge in [-0.3, -0.25) is 4.79 Å².